The van der Waals surface area contributed by atoms with E-state index in [1.807, 2.05) is 0 Å². The normalized spacial score (nSPS) is 51.3. The van der Waals surface area contributed by atoms with Gasteiger partial charge in [-0.25, -0.2) is 0 Å². The topological polar surface area (TPSA) is 43.4 Å². The summed E-state index contributed by atoms with van der Waals surface area (Å²) in [7, 11) is 0. The smallest absolute Gasteiger partial charge is 0.306 e. The van der Waals surface area contributed by atoms with E-state index in [-0.39, 0.29) is 28.2 Å². The van der Waals surface area contributed by atoms with Crippen molar-refractivity contribution in [3.05, 3.63) is 12.2 Å². The third kappa shape index (κ3) is 1.96. The minimum Gasteiger partial charge on any atom is -0.459 e. The lowest BCUT2D eigenvalue weighted by molar-refractivity contribution is -0.160. The number of fused-ring (bicyclic) bond motifs is 3. The zero-order chi connectivity index (χ0) is 17.3. The molecule has 0 amide bonds. The molecule has 1 aliphatic heterocycles. The first kappa shape index (κ1) is 16.4. The van der Waals surface area contributed by atoms with Crippen LogP contribution in [0.4, 0.5) is 0 Å². The van der Waals surface area contributed by atoms with Gasteiger partial charge in [-0.3, -0.25) is 9.59 Å². The van der Waals surface area contributed by atoms with Crippen LogP contribution in [-0.2, 0) is 14.3 Å². The van der Waals surface area contributed by atoms with Gasteiger partial charge in [0.15, 0.2) is 5.78 Å². The number of ether oxygens (including phenoxy) is 1. The molecule has 24 heavy (non-hydrogen) atoms. The monoisotopic (exact) mass is 330 g/mol. The summed E-state index contributed by atoms with van der Waals surface area (Å²) in [5.41, 5.74) is 0.996. The van der Waals surface area contributed by atoms with Crippen molar-refractivity contribution in [3.8, 4) is 0 Å². The SMILES string of the molecule is C=C1C(=O)CCC2(C)C1CCC1(C)C(C3(C)CCC(=O)O3)CCC21. The summed E-state index contributed by atoms with van der Waals surface area (Å²) in [6.07, 6.45) is 7.63. The number of Topliss-reactive ketones (excluding diaryl/α,β-unsaturated/α-hetero) is 1. The summed E-state index contributed by atoms with van der Waals surface area (Å²) >= 11 is 0. The molecule has 0 radical (unpaired) electrons. The molecule has 0 N–H and O–H groups in total. The summed E-state index contributed by atoms with van der Waals surface area (Å²) in [6.45, 7) is 11.2. The van der Waals surface area contributed by atoms with E-state index in [1.54, 1.807) is 0 Å². The van der Waals surface area contributed by atoms with Crippen molar-refractivity contribution in [2.45, 2.75) is 77.7 Å². The number of hydrogen-bond acceptors (Lipinski definition) is 3. The number of cyclic esters (lactones) is 1. The van der Waals surface area contributed by atoms with Crippen molar-refractivity contribution >= 4 is 11.8 Å². The molecule has 0 bridgehead atoms. The molecule has 3 heteroatoms. The van der Waals surface area contributed by atoms with Crippen molar-refractivity contribution in [3.63, 3.8) is 0 Å². The van der Waals surface area contributed by atoms with E-state index in [1.165, 1.54) is 6.42 Å². The second-order valence-corrected chi connectivity index (χ2v) is 9.52. The van der Waals surface area contributed by atoms with Gasteiger partial charge in [0.1, 0.15) is 5.60 Å². The highest BCUT2D eigenvalue weighted by molar-refractivity contribution is 5.96. The minimum atomic E-state index is -0.286. The van der Waals surface area contributed by atoms with E-state index in [0.717, 1.165) is 37.7 Å². The van der Waals surface area contributed by atoms with E-state index < -0.39 is 0 Å². The maximum Gasteiger partial charge on any atom is 0.306 e. The Hall–Kier alpha value is -1.12. The molecule has 4 rings (SSSR count). The van der Waals surface area contributed by atoms with Crippen molar-refractivity contribution < 1.29 is 14.3 Å². The summed E-state index contributed by atoms with van der Waals surface area (Å²) in [5, 5.41) is 0. The average Bonchev–Trinajstić information content (AvgIpc) is 3.05. The molecule has 4 aliphatic rings. The van der Waals surface area contributed by atoms with Gasteiger partial charge in [-0.2, -0.15) is 0 Å². The van der Waals surface area contributed by atoms with Crippen molar-refractivity contribution in [2.75, 3.05) is 0 Å². The maximum atomic E-state index is 12.2. The van der Waals surface area contributed by atoms with E-state index in [9.17, 15) is 9.59 Å². The summed E-state index contributed by atoms with van der Waals surface area (Å²) in [5.74, 6) is 1.67. The van der Waals surface area contributed by atoms with Gasteiger partial charge in [-0.1, -0.05) is 20.4 Å². The van der Waals surface area contributed by atoms with Crippen LogP contribution in [0.2, 0.25) is 0 Å². The Morgan fingerprint density at radius 1 is 0.917 bits per heavy atom. The quantitative estimate of drug-likeness (QED) is 0.527. The number of carbonyl (C=O) groups excluding carboxylic acids is 2. The lowest BCUT2D eigenvalue weighted by Crippen LogP contribution is -2.54. The molecule has 3 nitrogen and oxygen atoms in total. The van der Waals surface area contributed by atoms with Gasteiger partial charge in [0.2, 0.25) is 0 Å². The van der Waals surface area contributed by atoms with Gasteiger partial charge in [-0.15, -0.1) is 0 Å². The maximum absolute atomic E-state index is 12.2. The van der Waals surface area contributed by atoms with Crippen LogP contribution in [-0.4, -0.2) is 17.4 Å². The largest absolute Gasteiger partial charge is 0.459 e. The predicted octanol–water partition coefficient (Wildman–Crippen LogP) is 4.45. The van der Waals surface area contributed by atoms with Gasteiger partial charge in [0.25, 0.3) is 0 Å². The second-order valence-electron chi connectivity index (χ2n) is 9.52. The summed E-state index contributed by atoms with van der Waals surface area (Å²) in [6, 6.07) is 0. The Bertz CT molecular complexity index is 623. The standard InChI is InChI=1S/C21H30O3/c1-13-14-7-10-20(3)16(19(14,2)11-8-15(13)22)5-6-17(20)21(4)12-9-18(23)24-21/h14,16-17H,1,5-12H2,2-4H3. The van der Waals surface area contributed by atoms with Crippen LogP contribution >= 0.6 is 0 Å². The van der Waals surface area contributed by atoms with E-state index in [4.69, 9.17) is 4.74 Å². The Kier molecular flexibility index (Phi) is 3.38. The highest BCUT2D eigenvalue weighted by Gasteiger charge is 2.64. The lowest BCUT2D eigenvalue weighted by Gasteiger charge is -2.58. The second kappa shape index (κ2) is 4.95. The molecule has 0 aromatic rings. The molecule has 6 atom stereocenters. The average molecular weight is 330 g/mol. The Morgan fingerprint density at radius 2 is 1.62 bits per heavy atom. The molecule has 4 fully saturated rings. The minimum absolute atomic E-state index is 0.0268. The number of rotatable bonds is 1. The highest BCUT2D eigenvalue weighted by atomic mass is 16.6. The van der Waals surface area contributed by atoms with Gasteiger partial charge >= 0.3 is 5.97 Å². The van der Waals surface area contributed by atoms with Crippen molar-refractivity contribution in [1.29, 1.82) is 0 Å². The predicted molar refractivity (Wildman–Crippen MR) is 92.3 cm³/mol. The van der Waals surface area contributed by atoms with Crippen LogP contribution in [0.1, 0.15) is 72.1 Å². The molecule has 0 aromatic heterocycles. The fourth-order valence-electron chi connectivity index (χ4n) is 7.31. The van der Waals surface area contributed by atoms with Gasteiger partial charge in [0.05, 0.1) is 0 Å². The first-order valence-corrected chi connectivity index (χ1v) is 9.64. The van der Waals surface area contributed by atoms with E-state index in [0.29, 0.717) is 30.6 Å². The van der Waals surface area contributed by atoms with Crippen molar-refractivity contribution in [1.82, 2.24) is 0 Å². The van der Waals surface area contributed by atoms with Crippen LogP contribution in [0, 0.1) is 28.6 Å². The van der Waals surface area contributed by atoms with Gasteiger partial charge in [0, 0.05) is 18.8 Å². The third-order valence-corrected chi connectivity index (χ3v) is 8.48. The third-order valence-electron chi connectivity index (χ3n) is 8.48. The zero-order valence-corrected chi connectivity index (χ0v) is 15.3. The van der Waals surface area contributed by atoms with E-state index in [2.05, 4.69) is 27.4 Å². The van der Waals surface area contributed by atoms with Gasteiger partial charge in [-0.05, 0) is 73.7 Å². The number of esters is 1. The Balaban J connectivity index is 1.68. The first-order chi connectivity index (χ1) is 11.2. The van der Waals surface area contributed by atoms with Crippen LogP contribution in [0.3, 0.4) is 0 Å². The molecule has 0 aromatic carbocycles. The first-order valence-electron chi connectivity index (χ1n) is 9.64. The van der Waals surface area contributed by atoms with Crippen LogP contribution in [0.5, 0.6) is 0 Å². The Morgan fingerprint density at radius 3 is 2.29 bits per heavy atom. The summed E-state index contributed by atoms with van der Waals surface area (Å²) < 4.78 is 5.84. The van der Waals surface area contributed by atoms with Gasteiger partial charge < -0.3 is 4.74 Å². The number of carbonyl (C=O) groups is 2. The summed E-state index contributed by atoms with van der Waals surface area (Å²) in [4.78, 5) is 23.9. The lowest BCUT2D eigenvalue weighted by atomic mass is 9.46. The number of allylic oxidation sites excluding steroid dienone is 1. The molecule has 0 spiro atoms. The molecular weight excluding hydrogens is 300 g/mol. The molecule has 3 saturated carbocycles. The van der Waals surface area contributed by atoms with Crippen LogP contribution in [0.15, 0.2) is 12.2 Å². The number of hydrogen-bond donors (Lipinski definition) is 0. The Labute approximate surface area is 145 Å². The zero-order valence-electron chi connectivity index (χ0n) is 15.3. The molecule has 3 aliphatic carbocycles. The molecule has 132 valence electrons. The van der Waals surface area contributed by atoms with Crippen LogP contribution in [0.25, 0.3) is 0 Å². The van der Waals surface area contributed by atoms with E-state index >= 15 is 0 Å². The molecule has 1 heterocycles. The fraction of sp³-hybridized carbons (Fsp3) is 0.810. The number of ketones is 1. The molecular formula is C21H30O3. The highest BCUT2D eigenvalue weighted by Crippen LogP contribution is 2.69. The molecule has 6 unspecified atom stereocenters. The fourth-order valence-corrected chi connectivity index (χ4v) is 7.31. The molecule has 1 saturated heterocycles. The van der Waals surface area contributed by atoms with Crippen molar-refractivity contribution in [2.24, 2.45) is 28.6 Å². The van der Waals surface area contributed by atoms with Crippen LogP contribution < -0.4 is 0 Å².